The first-order valence-electron chi connectivity index (χ1n) is 7.37. The number of aldehydes is 1. The number of hydrogen-bond donors (Lipinski definition) is 1. The second-order valence-corrected chi connectivity index (χ2v) is 5.33. The predicted octanol–water partition coefficient (Wildman–Crippen LogP) is 3.82. The van der Waals surface area contributed by atoms with Crippen LogP contribution in [0.5, 0.6) is 0 Å². The van der Waals surface area contributed by atoms with Crippen molar-refractivity contribution in [2.24, 2.45) is 0 Å². The third-order valence-electron chi connectivity index (χ3n) is 3.10. The van der Waals surface area contributed by atoms with Crippen molar-refractivity contribution in [3.05, 3.63) is 70.2 Å². The summed E-state index contributed by atoms with van der Waals surface area (Å²) in [5.41, 5.74) is 1.99. The van der Waals surface area contributed by atoms with E-state index in [1.54, 1.807) is 18.2 Å². The molecule has 0 saturated heterocycles. The Kier molecular flexibility index (Phi) is 6.88. The normalized spacial score (nSPS) is 9.54. The smallest absolute Gasteiger partial charge is 0.407 e. The molecule has 122 valence electrons. The van der Waals surface area contributed by atoms with Gasteiger partial charge in [-0.15, -0.1) is 0 Å². The summed E-state index contributed by atoms with van der Waals surface area (Å²) >= 11 is 5.82. The molecule has 0 bridgehead atoms. The number of amides is 1. The van der Waals surface area contributed by atoms with Crippen LogP contribution in [0.3, 0.4) is 0 Å². The Balaban J connectivity index is 1.73. The molecule has 24 heavy (non-hydrogen) atoms. The van der Waals surface area contributed by atoms with Crippen molar-refractivity contribution in [3.8, 4) is 11.8 Å². The maximum Gasteiger partial charge on any atom is 0.407 e. The van der Waals surface area contributed by atoms with Gasteiger partial charge in [0.05, 0.1) is 0 Å². The molecule has 2 rings (SSSR count). The molecule has 0 spiro atoms. The average Bonchev–Trinajstić information content (AvgIpc) is 2.61. The lowest BCUT2D eigenvalue weighted by atomic mass is 10.1. The molecule has 1 amide bonds. The van der Waals surface area contributed by atoms with Gasteiger partial charge < -0.3 is 10.1 Å². The van der Waals surface area contributed by atoms with Gasteiger partial charge >= 0.3 is 6.09 Å². The molecule has 0 heterocycles. The van der Waals surface area contributed by atoms with Crippen molar-refractivity contribution < 1.29 is 14.3 Å². The van der Waals surface area contributed by atoms with Crippen LogP contribution in [-0.2, 0) is 11.3 Å². The van der Waals surface area contributed by atoms with Gasteiger partial charge in [0, 0.05) is 29.1 Å². The van der Waals surface area contributed by atoms with Crippen molar-refractivity contribution in [1.82, 2.24) is 5.32 Å². The second kappa shape index (κ2) is 9.39. The van der Waals surface area contributed by atoms with E-state index in [0.717, 1.165) is 11.8 Å². The van der Waals surface area contributed by atoms with Crippen molar-refractivity contribution >= 4 is 24.0 Å². The van der Waals surface area contributed by atoms with E-state index in [4.69, 9.17) is 16.3 Å². The van der Waals surface area contributed by atoms with E-state index < -0.39 is 6.09 Å². The third kappa shape index (κ3) is 5.79. The first-order chi connectivity index (χ1) is 11.7. The highest BCUT2D eigenvalue weighted by molar-refractivity contribution is 6.30. The minimum absolute atomic E-state index is 0.228. The molecule has 0 aromatic heterocycles. The third-order valence-corrected chi connectivity index (χ3v) is 3.33. The number of benzene rings is 2. The Morgan fingerprint density at radius 1 is 1.21 bits per heavy atom. The summed E-state index contributed by atoms with van der Waals surface area (Å²) in [5.74, 6) is 5.79. The van der Waals surface area contributed by atoms with Crippen LogP contribution in [0.15, 0.2) is 48.5 Å². The minimum Gasteiger partial charge on any atom is -0.445 e. The molecule has 0 unspecified atom stereocenters. The maximum atomic E-state index is 11.5. The van der Waals surface area contributed by atoms with Crippen LogP contribution in [0, 0.1) is 11.8 Å². The van der Waals surface area contributed by atoms with E-state index in [9.17, 15) is 9.59 Å². The zero-order valence-electron chi connectivity index (χ0n) is 12.9. The molecule has 0 radical (unpaired) electrons. The molecule has 0 aliphatic rings. The quantitative estimate of drug-likeness (QED) is 0.511. The molecule has 0 fully saturated rings. The second-order valence-electron chi connectivity index (χ2n) is 4.89. The van der Waals surface area contributed by atoms with E-state index in [1.807, 2.05) is 30.3 Å². The standard InChI is InChI=1S/C19H16ClNO3/c20-18-10-9-16(17(12-18)13-22)8-4-5-11-21-19(23)24-14-15-6-2-1-3-7-15/h1-3,6-7,9-10,12-13H,5,11,14H2,(H,21,23). The van der Waals surface area contributed by atoms with Gasteiger partial charge in [0.25, 0.3) is 0 Å². The van der Waals surface area contributed by atoms with E-state index in [0.29, 0.717) is 29.1 Å². The fourth-order valence-electron chi connectivity index (χ4n) is 1.90. The van der Waals surface area contributed by atoms with E-state index in [-0.39, 0.29) is 6.61 Å². The monoisotopic (exact) mass is 341 g/mol. The molecule has 0 atom stereocenters. The fourth-order valence-corrected chi connectivity index (χ4v) is 2.08. The van der Waals surface area contributed by atoms with Crippen molar-refractivity contribution in [2.75, 3.05) is 6.54 Å². The van der Waals surface area contributed by atoms with Crippen LogP contribution in [0.25, 0.3) is 0 Å². The highest BCUT2D eigenvalue weighted by atomic mass is 35.5. The van der Waals surface area contributed by atoms with Crippen LogP contribution in [0.4, 0.5) is 4.79 Å². The Labute approximate surface area is 145 Å². The SMILES string of the molecule is O=Cc1cc(Cl)ccc1C#CCCNC(=O)OCc1ccccc1. The van der Waals surface area contributed by atoms with Crippen molar-refractivity contribution in [2.45, 2.75) is 13.0 Å². The number of ether oxygens (including phenoxy) is 1. The molecule has 4 nitrogen and oxygen atoms in total. The lowest BCUT2D eigenvalue weighted by Crippen LogP contribution is -2.24. The topological polar surface area (TPSA) is 55.4 Å². The molecule has 5 heteroatoms. The maximum absolute atomic E-state index is 11.5. The summed E-state index contributed by atoms with van der Waals surface area (Å²) < 4.78 is 5.08. The van der Waals surface area contributed by atoms with Crippen LogP contribution < -0.4 is 5.32 Å². The summed E-state index contributed by atoms with van der Waals surface area (Å²) in [5, 5.41) is 3.11. The lowest BCUT2D eigenvalue weighted by molar-refractivity contribution is 0.112. The Hall–Kier alpha value is -2.77. The largest absolute Gasteiger partial charge is 0.445 e. The van der Waals surface area contributed by atoms with Gasteiger partial charge in [-0.2, -0.15) is 0 Å². The molecule has 2 aromatic carbocycles. The van der Waals surface area contributed by atoms with Gasteiger partial charge in [0.2, 0.25) is 0 Å². The molecule has 1 N–H and O–H groups in total. The highest BCUT2D eigenvalue weighted by Crippen LogP contribution is 2.13. The summed E-state index contributed by atoms with van der Waals surface area (Å²) in [6.45, 7) is 0.594. The van der Waals surface area contributed by atoms with Gasteiger partial charge in [-0.25, -0.2) is 4.79 Å². The van der Waals surface area contributed by atoms with Gasteiger partial charge in [0.15, 0.2) is 6.29 Å². The lowest BCUT2D eigenvalue weighted by Gasteiger charge is -2.05. The summed E-state index contributed by atoms with van der Waals surface area (Å²) in [4.78, 5) is 22.5. The van der Waals surface area contributed by atoms with Crippen molar-refractivity contribution in [3.63, 3.8) is 0 Å². The highest BCUT2D eigenvalue weighted by Gasteiger charge is 2.01. The molecule has 2 aromatic rings. The first-order valence-corrected chi connectivity index (χ1v) is 7.75. The zero-order chi connectivity index (χ0) is 17.2. The Bertz CT molecular complexity index is 763. The van der Waals surface area contributed by atoms with Gasteiger partial charge in [-0.05, 0) is 23.8 Å². The number of hydrogen-bond acceptors (Lipinski definition) is 3. The summed E-state index contributed by atoms with van der Waals surface area (Å²) in [7, 11) is 0. The molecular formula is C19H16ClNO3. The van der Waals surface area contributed by atoms with E-state index in [1.165, 1.54) is 0 Å². The van der Waals surface area contributed by atoms with Crippen LogP contribution in [-0.4, -0.2) is 18.9 Å². The van der Waals surface area contributed by atoms with Gasteiger partial charge in [-0.1, -0.05) is 53.8 Å². The summed E-state index contributed by atoms with van der Waals surface area (Å²) in [6, 6.07) is 14.4. The number of carbonyl (C=O) groups is 2. The number of alkyl carbamates (subject to hydrolysis) is 1. The molecular weight excluding hydrogens is 326 g/mol. The van der Waals surface area contributed by atoms with Gasteiger partial charge in [0.1, 0.15) is 6.61 Å². The Morgan fingerprint density at radius 3 is 2.75 bits per heavy atom. The molecule has 0 aliphatic carbocycles. The first kappa shape index (κ1) is 17.6. The van der Waals surface area contributed by atoms with Gasteiger partial charge in [-0.3, -0.25) is 4.79 Å². The van der Waals surface area contributed by atoms with Crippen LogP contribution in [0.1, 0.15) is 27.9 Å². The van der Waals surface area contributed by atoms with E-state index in [2.05, 4.69) is 17.2 Å². The number of halogens is 1. The fraction of sp³-hybridized carbons (Fsp3) is 0.158. The summed E-state index contributed by atoms with van der Waals surface area (Å²) in [6.07, 6.45) is 0.678. The molecule has 0 saturated carbocycles. The number of carbonyl (C=O) groups excluding carboxylic acids is 2. The predicted molar refractivity (Wildman–Crippen MR) is 93.0 cm³/mol. The number of nitrogens with one attached hydrogen (secondary N) is 1. The molecule has 0 aliphatic heterocycles. The number of rotatable bonds is 5. The zero-order valence-corrected chi connectivity index (χ0v) is 13.7. The van der Waals surface area contributed by atoms with Crippen LogP contribution >= 0.6 is 11.6 Å². The Morgan fingerprint density at radius 2 is 2.00 bits per heavy atom. The van der Waals surface area contributed by atoms with E-state index >= 15 is 0 Å². The van der Waals surface area contributed by atoms with Crippen LogP contribution in [0.2, 0.25) is 5.02 Å². The van der Waals surface area contributed by atoms with Crippen molar-refractivity contribution in [1.29, 1.82) is 0 Å². The average molecular weight is 342 g/mol. The minimum atomic E-state index is -0.485.